The molecular weight excluding hydrogens is 1050 g/mol. The molecule has 0 aromatic carbocycles. The van der Waals surface area contributed by atoms with Crippen LogP contribution in [0.2, 0.25) is 0 Å². The van der Waals surface area contributed by atoms with Crippen LogP contribution < -0.4 is 0 Å². The van der Waals surface area contributed by atoms with Crippen LogP contribution >= 0.6 is 0 Å². The molecule has 0 spiro atoms. The second-order valence-corrected chi connectivity index (χ2v) is 27.7. The van der Waals surface area contributed by atoms with Gasteiger partial charge >= 0.3 is 0 Å². The minimum Gasteiger partial charge on any atom is -0.726 e. The van der Waals surface area contributed by atoms with Crippen LogP contribution in [0.1, 0.15) is 414 Å². The molecule has 0 heterocycles. The summed E-state index contributed by atoms with van der Waals surface area (Å²) in [7, 11) is -1.56. The van der Waals surface area contributed by atoms with Gasteiger partial charge in [-0.1, -0.05) is 336 Å². The Morgan fingerprint density at radius 2 is 0.566 bits per heavy atom. The number of unbranched alkanes of at least 4 members (excludes halogenated alkanes) is 48. The number of nitrogens with zero attached hydrogens (tertiary/aromatic N) is 1. The fraction of sp³-hybridized carbons (Fsp3) is 0.945. The van der Waals surface area contributed by atoms with Gasteiger partial charge in [-0.3, -0.25) is 27.8 Å². The van der Waals surface area contributed by atoms with Crippen molar-refractivity contribution in [1.82, 2.24) is 0 Å². The lowest BCUT2D eigenvalue weighted by Crippen LogP contribution is -2.75. The van der Waals surface area contributed by atoms with Gasteiger partial charge in [0.15, 0.2) is 22.9 Å². The van der Waals surface area contributed by atoms with Gasteiger partial charge in [0.2, 0.25) is 16.4 Å². The molecule has 0 rings (SSSR count). The predicted octanol–water partition coefficient (Wildman–Crippen LogP) is 22.7. The van der Waals surface area contributed by atoms with Crippen molar-refractivity contribution in [2.45, 2.75) is 432 Å². The molecule has 0 saturated heterocycles. The second-order valence-electron chi connectivity index (χ2n) is 26.5. The highest BCUT2D eigenvalue weighted by Crippen LogP contribution is 2.39. The molecule has 0 fully saturated rings. The molecule has 0 aliphatic carbocycles. The van der Waals surface area contributed by atoms with E-state index in [2.05, 4.69) is 45.7 Å². The molecule has 0 saturated carbocycles. The quantitative estimate of drug-likeness (QED) is 0.0193. The largest absolute Gasteiger partial charge is 0.726 e. The molecule has 0 amide bonds. The van der Waals surface area contributed by atoms with Gasteiger partial charge in [-0.15, -0.1) is 0 Å². The van der Waals surface area contributed by atoms with E-state index in [4.69, 9.17) is 0 Å². The summed E-state index contributed by atoms with van der Waals surface area (Å²) in [6, 6.07) is -1.11. The Hall–Kier alpha value is -1.49. The van der Waals surface area contributed by atoms with Crippen molar-refractivity contribution in [2.75, 3.05) is 14.2 Å². The number of quaternary nitrogens is 1. The van der Waals surface area contributed by atoms with Gasteiger partial charge in [-0.25, -0.2) is 8.42 Å². The number of carbonyl (C=O) groups is 4. The Labute approximate surface area is 518 Å². The van der Waals surface area contributed by atoms with Gasteiger partial charge in [-0.05, 0) is 46.5 Å². The van der Waals surface area contributed by atoms with Crippen molar-refractivity contribution in [3.05, 3.63) is 0 Å². The summed E-state index contributed by atoms with van der Waals surface area (Å²) in [5.74, 6) is 0.231. The van der Waals surface area contributed by atoms with Gasteiger partial charge in [0.05, 0.1) is 26.6 Å². The Balaban J connectivity index is 0. The van der Waals surface area contributed by atoms with Crippen molar-refractivity contribution < 1.29 is 40.8 Å². The molecule has 83 heavy (non-hydrogen) atoms. The first-order chi connectivity index (χ1) is 40.0. The van der Waals surface area contributed by atoms with E-state index in [0.29, 0.717) is 25.7 Å². The highest BCUT2D eigenvalue weighted by atomic mass is 32.3. The zero-order valence-corrected chi connectivity index (χ0v) is 57.9. The van der Waals surface area contributed by atoms with E-state index in [9.17, 15) is 27.4 Å². The van der Waals surface area contributed by atoms with E-state index in [1.54, 1.807) is 0 Å². The van der Waals surface area contributed by atoms with E-state index in [0.717, 1.165) is 84.2 Å². The van der Waals surface area contributed by atoms with Crippen molar-refractivity contribution in [2.24, 2.45) is 0 Å². The molecule has 0 radical (unpaired) electrons. The highest BCUT2D eigenvalue weighted by Gasteiger charge is 2.59. The lowest BCUT2D eigenvalue weighted by Gasteiger charge is -2.54. The van der Waals surface area contributed by atoms with Crippen molar-refractivity contribution in [1.29, 1.82) is 0 Å². The third kappa shape index (κ3) is 48.2. The number of likely N-dealkylation sites (N-methyl/N-ethyl adjacent to an activating group) is 1. The monoisotopic (exact) mass is 1190 g/mol. The van der Waals surface area contributed by atoms with E-state index in [1.165, 1.54) is 257 Å². The Morgan fingerprint density at radius 3 is 0.771 bits per heavy atom. The summed E-state index contributed by atoms with van der Waals surface area (Å²) in [4.78, 5) is 59.5. The van der Waals surface area contributed by atoms with E-state index >= 15 is 4.79 Å². The topological polar surface area (TPSA) is 135 Å². The first-order valence-electron chi connectivity index (χ1n) is 36.5. The molecule has 10 heteroatoms. The number of hydrogen-bond acceptors (Lipinski definition) is 8. The number of rotatable bonds is 65. The smallest absolute Gasteiger partial charge is 0.217 e. The van der Waals surface area contributed by atoms with Crippen LogP contribution in [0.4, 0.5) is 0 Å². The van der Waals surface area contributed by atoms with Crippen LogP contribution in [0.5, 0.6) is 0 Å². The molecule has 9 nitrogen and oxygen atoms in total. The highest BCUT2D eigenvalue weighted by molar-refractivity contribution is 7.80. The molecule has 0 N–H and O–H groups in total. The van der Waals surface area contributed by atoms with Crippen LogP contribution in [0, 0.1) is 0 Å². The molecule has 0 aromatic rings. The van der Waals surface area contributed by atoms with Crippen LogP contribution in [0.3, 0.4) is 0 Å². The van der Waals surface area contributed by atoms with Crippen LogP contribution in [-0.2, 0) is 33.8 Å². The maximum Gasteiger partial charge on any atom is 0.217 e. The van der Waals surface area contributed by atoms with Crippen molar-refractivity contribution in [3.8, 4) is 0 Å². The Bertz CT molecular complexity index is 1540. The SMILES string of the molecule is CCCCCCCCCCCCCCCC(=O)CC(C)(C(=O)CCCCCCCCCCCCCCC)[N+](C)(C(C)C)C(C(=O)CCCCCCCCCCCCCCC)C(=O)CCCCCCCCCCCCCCC.COS(=O)(=O)[O-]. The summed E-state index contributed by atoms with van der Waals surface area (Å²) < 4.78 is 31.1. The van der Waals surface area contributed by atoms with Crippen molar-refractivity contribution >= 4 is 33.5 Å². The minimum atomic E-state index is -4.41. The van der Waals surface area contributed by atoms with Crippen LogP contribution in [0.15, 0.2) is 0 Å². The third-order valence-corrected chi connectivity index (χ3v) is 19.2. The van der Waals surface area contributed by atoms with Crippen LogP contribution in [0.25, 0.3) is 0 Å². The van der Waals surface area contributed by atoms with E-state index in [1.807, 2.05) is 14.0 Å². The molecule has 0 aliphatic rings. The fourth-order valence-electron chi connectivity index (χ4n) is 12.8. The minimum absolute atomic E-state index is 0.00731. The van der Waals surface area contributed by atoms with Gasteiger partial charge in [0.1, 0.15) is 5.78 Å². The summed E-state index contributed by atoms with van der Waals surface area (Å²) in [6.45, 7) is 15.3. The standard InChI is InChI=1S/C72H140NO4.CH4O4S/c1-9-13-17-21-25-29-33-37-41-45-49-53-57-61-67(74)65-72(7,70(77)64-60-56-52-48-44-40-36-32-28-24-20-16-12-4)73(8,66(5)6)71(68(75)62-58-54-50-46-42-38-34-30-26-22-18-14-10-2)69(76)63-59-55-51-47-43-39-35-31-27-23-19-15-11-3;1-5-6(2,3)4/h66,71H,9-65H2,1-8H3;1H3,(H,2,3,4)/q+1;/p-1. The number of ketones is 4. The summed E-state index contributed by atoms with van der Waals surface area (Å²) in [5.41, 5.74) is -1.15. The lowest BCUT2D eigenvalue weighted by molar-refractivity contribution is -0.971. The molecule has 0 bridgehead atoms. The summed E-state index contributed by atoms with van der Waals surface area (Å²) in [6.07, 6.45) is 66.7. The molecule has 2 atom stereocenters. The lowest BCUT2D eigenvalue weighted by atomic mass is 9.78. The number of carbonyl (C=O) groups excluding carboxylic acids is 4. The number of Topliss-reactive ketones (excluding diaryl/α,β-unsaturated/α-hetero) is 4. The fourth-order valence-corrected chi connectivity index (χ4v) is 12.8. The molecule has 494 valence electrons. The molecule has 2 unspecified atom stereocenters. The zero-order valence-electron chi connectivity index (χ0n) is 57.1. The normalized spacial score (nSPS) is 13.3. The average molecular weight is 1200 g/mol. The average Bonchev–Trinajstić information content (AvgIpc) is 2.66. The maximum atomic E-state index is 15.2. The van der Waals surface area contributed by atoms with E-state index < -0.39 is 22.0 Å². The van der Waals surface area contributed by atoms with Gasteiger partial charge in [0, 0.05) is 25.7 Å². The van der Waals surface area contributed by atoms with Crippen molar-refractivity contribution in [3.63, 3.8) is 0 Å². The third-order valence-electron chi connectivity index (χ3n) is 18.7. The first kappa shape index (κ1) is 83.6. The Morgan fingerprint density at radius 1 is 0.373 bits per heavy atom. The second kappa shape index (κ2) is 59.5. The summed E-state index contributed by atoms with van der Waals surface area (Å²) >= 11 is 0. The van der Waals surface area contributed by atoms with Gasteiger partial charge < -0.3 is 4.55 Å². The Kier molecular flexibility index (Phi) is 59.9. The molecule has 0 aliphatic heterocycles. The predicted molar refractivity (Wildman–Crippen MR) is 356 cm³/mol. The number of hydrogen-bond donors (Lipinski definition) is 0. The molecular formula is C73H143NO8S. The molecule has 0 aromatic heterocycles. The first-order valence-corrected chi connectivity index (χ1v) is 37.8. The maximum absolute atomic E-state index is 15.2. The summed E-state index contributed by atoms with van der Waals surface area (Å²) in [5, 5.41) is 0. The zero-order chi connectivity index (χ0) is 62.0. The van der Waals surface area contributed by atoms with Crippen LogP contribution in [-0.4, -0.2) is 72.4 Å². The van der Waals surface area contributed by atoms with E-state index in [-0.39, 0.29) is 40.1 Å². The van der Waals surface area contributed by atoms with Gasteiger partial charge in [0.25, 0.3) is 0 Å². The van der Waals surface area contributed by atoms with Gasteiger partial charge in [-0.2, -0.15) is 0 Å².